The Balaban J connectivity index is 0.000000144. The summed E-state index contributed by atoms with van der Waals surface area (Å²) in [4.78, 5) is 22.9. The van der Waals surface area contributed by atoms with Crippen molar-refractivity contribution in [2.75, 3.05) is 26.4 Å². The highest BCUT2D eigenvalue weighted by Gasteiger charge is 2.47. The van der Waals surface area contributed by atoms with Gasteiger partial charge in [-0.1, -0.05) is 66.7 Å². The predicted molar refractivity (Wildman–Crippen MR) is 317 cm³/mol. The third kappa shape index (κ3) is 9.51. The van der Waals surface area contributed by atoms with Crippen LogP contribution in [0.2, 0.25) is 0 Å². The number of fused-ring (bicyclic) bond motifs is 8. The van der Waals surface area contributed by atoms with Gasteiger partial charge in [0.05, 0.1) is 38.3 Å². The van der Waals surface area contributed by atoms with E-state index in [4.69, 9.17) is 30.9 Å². The highest BCUT2D eigenvalue weighted by atomic mass is 16.5. The molecule has 4 bridgehead atoms. The minimum absolute atomic E-state index is 0.646. The molecule has 406 valence electrons. The number of rotatable bonds is 9. The number of aromatic amines is 2. The second-order valence-electron chi connectivity index (χ2n) is 23.4. The zero-order valence-corrected chi connectivity index (χ0v) is 46.0. The van der Waals surface area contributed by atoms with Crippen molar-refractivity contribution in [1.82, 2.24) is 49.7 Å². The third-order valence-electron chi connectivity index (χ3n) is 18.3. The number of benzene rings is 3. The molecule has 4 fully saturated rings. The van der Waals surface area contributed by atoms with Crippen molar-refractivity contribution < 1.29 is 9.47 Å². The monoisotopic (exact) mass is 1060 g/mol. The molecule has 4 saturated heterocycles. The Labute approximate surface area is 467 Å². The largest absolute Gasteiger partial charge is 0.402 e. The first-order chi connectivity index (χ1) is 39.1. The summed E-state index contributed by atoms with van der Waals surface area (Å²) in [6.07, 6.45) is 25.7. The number of ether oxygens (including phenoxy) is 2. The van der Waals surface area contributed by atoms with E-state index in [1.807, 2.05) is 68.4 Å². The summed E-state index contributed by atoms with van der Waals surface area (Å²) >= 11 is 0. The number of H-pyrrole nitrogens is 2. The molecule has 14 heteroatoms. The molecule has 15 rings (SSSR count). The van der Waals surface area contributed by atoms with Gasteiger partial charge in [-0.15, -0.1) is 0 Å². The van der Waals surface area contributed by atoms with Crippen LogP contribution in [-0.4, -0.2) is 112 Å². The number of nitrogens with zero attached hydrogens (tertiary/aromatic N) is 8. The van der Waals surface area contributed by atoms with Gasteiger partial charge >= 0.3 is 0 Å². The van der Waals surface area contributed by atoms with Crippen LogP contribution in [0.4, 0.5) is 0 Å². The number of nitrogens with one attached hydrogen (secondary N) is 2. The lowest BCUT2D eigenvalue weighted by atomic mass is 9.87. The van der Waals surface area contributed by atoms with Crippen molar-refractivity contribution in [3.05, 3.63) is 173 Å². The van der Waals surface area contributed by atoms with Crippen molar-refractivity contribution in [3.63, 3.8) is 0 Å². The average Bonchev–Trinajstić information content (AvgIpc) is 4.20. The molecule has 0 amide bonds. The van der Waals surface area contributed by atoms with Crippen LogP contribution in [0.3, 0.4) is 0 Å². The van der Waals surface area contributed by atoms with Gasteiger partial charge in [-0.3, -0.25) is 14.9 Å². The standard InChI is InChI=1S/C35H39N5O.C31H31N7O/c1-21(13-22(2)36)34(37)25-6-4-24(5-7-25)33-18-39-35-32(33)15-28(17-38-35)27-8-3-23-9-11-29(12-10-26(23)14-27)40-30-16-31(40)20-41-19-30;1-19-3-2-10-32-31(19)37-16-24(15-34-37)29-28-12-23(14-33-30(28)36-35-29)22-5-4-20-6-8-25(9-7-21(20)11-22)38-26-13-27(38)18-39-17-26/h3-8,13-15,17-18,29-31H,9-12,16,19-20,36-37H2,1-2H3,(H,38,39);2-5,10-12,14-16,25-27H,6-9,13,17-18H2,1H3,(H,33,35,36)/b22-13-,34-21-;. The van der Waals surface area contributed by atoms with Crippen molar-refractivity contribution in [3.8, 4) is 50.5 Å². The van der Waals surface area contributed by atoms with Crippen LogP contribution in [0, 0.1) is 6.92 Å². The van der Waals surface area contributed by atoms with E-state index < -0.39 is 0 Å². The van der Waals surface area contributed by atoms with Gasteiger partial charge in [-0.05, 0) is 165 Å². The van der Waals surface area contributed by atoms with Gasteiger partial charge in [-0.25, -0.2) is 19.6 Å². The molecule has 4 aliphatic heterocycles. The van der Waals surface area contributed by atoms with E-state index in [9.17, 15) is 0 Å². The fourth-order valence-corrected chi connectivity index (χ4v) is 14.1. The summed E-state index contributed by atoms with van der Waals surface area (Å²) in [6, 6.07) is 34.8. The van der Waals surface area contributed by atoms with E-state index in [0.29, 0.717) is 41.9 Å². The van der Waals surface area contributed by atoms with Crippen LogP contribution in [0.5, 0.6) is 0 Å². The Morgan fingerprint density at radius 3 is 1.80 bits per heavy atom. The molecular weight excluding hydrogens is 993 g/mol. The van der Waals surface area contributed by atoms with Gasteiger partial charge in [0.25, 0.3) is 0 Å². The number of morpholine rings is 2. The zero-order valence-electron chi connectivity index (χ0n) is 46.0. The third-order valence-corrected chi connectivity index (χ3v) is 18.3. The number of hydrogen-bond acceptors (Lipinski definition) is 11. The first-order valence-corrected chi connectivity index (χ1v) is 28.9. The lowest BCUT2D eigenvalue weighted by Crippen LogP contribution is -2.66. The first-order valence-electron chi connectivity index (χ1n) is 28.9. The van der Waals surface area contributed by atoms with Gasteiger partial charge < -0.3 is 25.9 Å². The van der Waals surface area contributed by atoms with E-state index in [2.05, 4.69) is 114 Å². The maximum atomic E-state index is 6.40. The Kier molecular flexibility index (Phi) is 13.3. The molecule has 0 saturated carbocycles. The Hall–Kier alpha value is -7.75. The maximum Gasteiger partial charge on any atom is 0.181 e. The molecule has 80 heavy (non-hydrogen) atoms. The fourth-order valence-electron chi connectivity index (χ4n) is 14.1. The molecule has 0 radical (unpaired) electrons. The number of aryl methyl sites for hydroxylation is 5. The molecule has 6 aliphatic rings. The molecular formula is C66H70N12O2. The minimum Gasteiger partial charge on any atom is -0.402 e. The van der Waals surface area contributed by atoms with Crippen LogP contribution in [0.1, 0.15) is 85.8 Å². The van der Waals surface area contributed by atoms with Gasteiger partial charge in [0.15, 0.2) is 11.5 Å². The first kappa shape index (κ1) is 50.5. The number of aromatic nitrogens is 8. The molecule has 2 aliphatic carbocycles. The lowest BCUT2D eigenvalue weighted by molar-refractivity contribution is -0.148. The van der Waals surface area contributed by atoms with Crippen LogP contribution in [0.15, 0.2) is 139 Å². The van der Waals surface area contributed by atoms with Gasteiger partial charge in [-0.2, -0.15) is 10.2 Å². The van der Waals surface area contributed by atoms with Gasteiger partial charge in [0.1, 0.15) is 5.65 Å². The number of nitrogens with two attached hydrogens (primary N) is 2. The van der Waals surface area contributed by atoms with Crippen molar-refractivity contribution in [1.29, 1.82) is 0 Å². The summed E-state index contributed by atoms with van der Waals surface area (Å²) in [5.74, 6) is 0.823. The van der Waals surface area contributed by atoms with Crippen molar-refractivity contribution in [2.45, 2.75) is 121 Å². The zero-order chi connectivity index (χ0) is 54.0. The number of hydrogen-bond donors (Lipinski definition) is 4. The van der Waals surface area contributed by atoms with Gasteiger partial charge in [0, 0.05) is 112 Å². The minimum atomic E-state index is 0.646. The summed E-state index contributed by atoms with van der Waals surface area (Å²) in [5, 5.41) is 14.3. The summed E-state index contributed by atoms with van der Waals surface area (Å²) < 4.78 is 13.3. The Bertz CT molecular complexity index is 3820. The van der Waals surface area contributed by atoms with Crippen LogP contribution >= 0.6 is 0 Å². The van der Waals surface area contributed by atoms with Crippen LogP contribution < -0.4 is 11.5 Å². The predicted octanol–water partition coefficient (Wildman–Crippen LogP) is 11.1. The van der Waals surface area contributed by atoms with Gasteiger partial charge in [0.2, 0.25) is 0 Å². The summed E-state index contributed by atoms with van der Waals surface area (Å²) in [5.41, 5.74) is 33.2. The molecule has 6 unspecified atom stereocenters. The molecule has 14 nitrogen and oxygen atoms in total. The molecule has 6 atom stereocenters. The van der Waals surface area contributed by atoms with E-state index in [-0.39, 0.29) is 0 Å². The van der Waals surface area contributed by atoms with Crippen molar-refractivity contribution in [2.24, 2.45) is 11.5 Å². The second-order valence-corrected chi connectivity index (χ2v) is 23.4. The lowest BCUT2D eigenvalue weighted by Gasteiger charge is -2.56. The highest BCUT2D eigenvalue weighted by Crippen LogP contribution is 2.41. The molecule has 9 aromatic rings. The maximum absolute atomic E-state index is 6.40. The topological polar surface area (TPSA) is 178 Å². The SMILES string of the molecule is C/C(N)=C/C(C)=C(\N)c1ccc(-c2c[nH]c3ncc(-c4ccc5c(c4)CCC(N4C6COCC4C6)CC5)cc23)cc1.Cc1cccnc1-n1cc(-c2[nH]nc3ncc(-c4ccc5c(c4)CCC(N4C6COCC4C6)CC5)cc23)cn1. The summed E-state index contributed by atoms with van der Waals surface area (Å²) in [7, 11) is 0. The average molecular weight is 1060 g/mol. The Morgan fingerprint density at radius 2 is 1.20 bits per heavy atom. The highest BCUT2D eigenvalue weighted by molar-refractivity contribution is 5.96. The molecule has 0 spiro atoms. The van der Waals surface area contributed by atoms with E-state index in [1.54, 1.807) is 6.20 Å². The molecule has 6 aromatic heterocycles. The second kappa shape index (κ2) is 21.0. The number of pyridine rings is 3. The normalized spacial score (nSPS) is 23.2. The molecule has 3 aromatic carbocycles. The molecule has 6 N–H and O–H groups in total. The Morgan fingerprint density at radius 1 is 0.613 bits per heavy atom. The fraction of sp³-hybridized carbons (Fsp3) is 0.348. The number of allylic oxidation sites excluding steroid dienone is 3. The van der Waals surface area contributed by atoms with Crippen molar-refractivity contribution >= 4 is 27.8 Å². The van der Waals surface area contributed by atoms with E-state index in [0.717, 1.165) is 136 Å². The molecule has 10 heterocycles. The van der Waals surface area contributed by atoms with Crippen LogP contribution in [0.25, 0.3) is 78.2 Å². The van der Waals surface area contributed by atoms with E-state index >= 15 is 0 Å². The summed E-state index contributed by atoms with van der Waals surface area (Å²) in [6.45, 7) is 9.56. The van der Waals surface area contributed by atoms with E-state index in [1.165, 1.54) is 71.9 Å². The van der Waals surface area contributed by atoms with Crippen LogP contribution in [-0.2, 0) is 35.2 Å². The smallest absolute Gasteiger partial charge is 0.181 e. The quantitative estimate of drug-likeness (QED) is 0.0799.